The first-order valence-electron chi connectivity index (χ1n) is 13.9. The number of rotatable bonds is 9. The molecule has 3 aromatic carbocycles. The number of aryl methyl sites for hydroxylation is 1. The lowest BCUT2D eigenvalue weighted by atomic mass is 9.86. The molecule has 2 atom stereocenters. The van der Waals surface area contributed by atoms with E-state index in [2.05, 4.69) is 28.4 Å². The maximum atomic E-state index is 13.2. The molecule has 0 radical (unpaired) electrons. The van der Waals surface area contributed by atoms with Gasteiger partial charge in [-0.1, -0.05) is 55.0 Å². The van der Waals surface area contributed by atoms with Gasteiger partial charge in [0.05, 0.1) is 10.9 Å². The predicted molar refractivity (Wildman–Crippen MR) is 151 cm³/mol. The van der Waals surface area contributed by atoms with E-state index in [4.69, 9.17) is 0 Å². The van der Waals surface area contributed by atoms with Crippen LogP contribution in [-0.2, 0) is 32.4 Å². The van der Waals surface area contributed by atoms with Crippen LogP contribution in [-0.4, -0.2) is 48.6 Å². The second-order valence-electron chi connectivity index (χ2n) is 10.8. The summed E-state index contributed by atoms with van der Waals surface area (Å²) >= 11 is 0. The Morgan fingerprint density at radius 3 is 2.49 bits per heavy atom. The summed E-state index contributed by atoms with van der Waals surface area (Å²) in [6, 6.07) is 18.3. The Morgan fingerprint density at radius 1 is 0.949 bits per heavy atom. The number of nitrogens with one attached hydrogen (secondary N) is 1. The molecule has 1 heterocycles. The number of carbonyl (C=O) groups is 2. The molecular weight excluding hydrogens is 512 g/mol. The monoisotopic (exact) mass is 548 g/mol. The van der Waals surface area contributed by atoms with E-state index < -0.39 is 21.1 Å². The Morgan fingerprint density at radius 2 is 1.72 bits per heavy atom. The molecule has 3 aromatic rings. The summed E-state index contributed by atoms with van der Waals surface area (Å²) in [5.74, 6) is -1.77. The van der Waals surface area contributed by atoms with Crippen molar-refractivity contribution in [1.82, 2.24) is 10.2 Å². The van der Waals surface area contributed by atoms with Crippen molar-refractivity contribution in [3.05, 3.63) is 77.4 Å². The summed E-state index contributed by atoms with van der Waals surface area (Å²) in [7, 11) is -4.17. The molecule has 8 heteroatoms. The number of likely N-dealkylation sites (tertiary alicyclic amines) is 1. The summed E-state index contributed by atoms with van der Waals surface area (Å²) in [5, 5.41) is 12.7. The fourth-order valence-electron chi connectivity index (χ4n) is 5.94. The average molecular weight is 549 g/mol. The van der Waals surface area contributed by atoms with Crippen molar-refractivity contribution >= 4 is 32.5 Å². The quantitative estimate of drug-likeness (QED) is 0.389. The molecule has 2 unspecified atom stereocenters. The predicted octanol–water partition coefficient (Wildman–Crippen LogP) is 5.03. The molecule has 0 aromatic heterocycles. The SMILES string of the molecule is O=C(CCC(C(=O)O)S(=O)(=O)c1ccc2ccccc2c1)NC1CCCc2cc(CN3CCCCC3)ccc21. The Hall–Kier alpha value is -3.23. The first-order valence-corrected chi connectivity index (χ1v) is 15.4. The molecule has 1 amide bonds. The van der Waals surface area contributed by atoms with Gasteiger partial charge in [0.25, 0.3) is 0 Å². The zero-order valence-electron chi connectivity index (χ0n) is 22.1. The lowest BCUT2D eigenvalue weighted by molar-refractivity contribution is -0.136. The van der Waals surface area contributed by atoms with Crippen molar-refractivity contribution in [3.63, 3.8) is 0 Å². The number of hydrogen-bond acceptors (Lipinski definition) is 5. The molecule has 0 spiro atoms. The second-order valence-corrected chi connectivity index (χ2v) is 12.9. The summed E-state index contributed by atoms with van der Waals surface area (Å²) in [6.45, 7) is 3.24. The average Bonchev–Trinajstić information content (AvgIpc) is 2.93. The van der Waals surface area contributed by atoms with Crippen LogP contribution in [0.1, 0.15) is 67.7 Å². The number of carboxylic acids is 1. The number of amides is 1. The van der Waals surface area contributed by atoms with E-state index in [-0.39, 0.29) is 29.7 Å². The molecule has 5 rings (SSSR count). The number of carbonyl (C=O) groups excluding carboxylic acids is 1. The topological polar surface area (TPSA) is 104 Å². The fraction of sp³-hybridized carbons (Fsp3) is 0.419. The third kappa shape index (κ3) is 6.34. The van der Waals surface area contributed by atoms with Gasteiger partial charge in [0.1, 0.15) is 0 Å². The minimum Gasteiger partial charge on any atom is -0.480 e. The van der Waals surface area contributed by atoms with Crippen LogP contribution in [0.15, 0.2) is 65.6 Å². The van der Waals surface area contributed by atoms with Crippen molar-refractivity contribution in [2.75, 3.05) is 13.1 Å². The number of benzene rings is 3. The van der Waals surface area contributed by atoms with Crippen molar-refractivity contribution in [2.45, 2.75) is 74.1 Å². The normalized spacial score (nSPS) is 18.8. The minimum absolute atomic E-state index is 0.0458. The number of aliphatic carboxylic acids is 1. The van der Waals surface area contributed by atoms with E-state index >= 15 is 0 Å². The maximum absolute atomic E-state index is 13.2. The number of sulfone groups is 1. The highest BCUT2D eigenvalue weighted by Gasteiger charge is 2.35. The van der Waals surface area contributed by atoms with Gasteiger partial charge < -0.3 is 10.4 Å². The van der Waals surface area contributed by atoms with Gasteiger partial charge in [-0.3, -0.25) is 14.5 Å². The van der Waals surface area contributed by atoms with Gasteiger partial charge in [0, 0.05) is 13.0 Å². The Balaban J connectivity index is 1.23. The maximum Gasteiger partial charge on any atom is 0.322 e. The molecule has 1 saturated heterocycles. The molecule has 0 bridgehead atoms. The molecule has 2 aliphatic rings. The first-order chi connectivity index (χ1) is 18.8. The summed E-state index contributed by atoms with van der Waals surface area (Å²) in [4.78, 5) is 27.4. The van der Waals surface area contributed by atoms with Gasteiger partial charge in [-0.25, -0.2) is 8.42 Å². The zero-order valence-corrected chi connectivity index (χ0v) is 23.0. The third-order valence-electron chi connectivity index (χ3n) is 8.04. The summed E-state index contributed by atoms with van der Waals surface area (Å²) < 4.78 is 26.5. The van der Waals surface area contributed by atoms with Crippen LogP contribution in [0.2, 0.25) is 0 Å². The number of nitrogens with zero attached hydrogens (tertiary/aromatic N) is 1. The van der Waals surface area contributed by atoms with E-state index in [0.717, 1.165) is 55.2 Å². The van der Waals surface area contributed by atoms with Crippen LogP contribution < -0.4 is 5.32 Å². The van der Waals surface area contributed by atoms with E-state index in [9.17, 15) is 23.1 Å². The van der Waals surface area contributed by atoms with E-state index in [0.29, 0.717) is 0 Å². The van der Waals surface area contributed by atoms with Gasteiger partial charge in [-0.2, -0.15) is 0 Å². The standard InChI is InChI=1S/C31H36N2O5S/c34-30(16-15-29(31(35)36)39(37,38)26-13-12-23-7-2-3-8-24(23)20-26)32-28-10-6-9-25-19-22(11-14-27(25)28)21-33-17-4-1-5-18-33/h2-3,7-8,11-14,19-20,28-29H,1,4-6,9-10,15-18,21H2,(H,32,34)(H,35,36). The van der Waals surface area contributed by atoms with E-state index in [1.165, 1.54) is 42.5 Å². The van der Waals surface area contributed by atoms with Crippen molar-refractivity contribution < 1.29 is 23.1 Å². The molecule has 0 saturated carbocycles. The van der Waals surface area contributed by atoms with Crippen LogP contribution in [0.3, 0.4) is 0 Å². The van der Waals surface area contributed by atoms with Gasteiger partial charge in [-0.15, -0.1) is 0 Å². The minimum atomic E-state index is -4.17. The first kappa shape index (κ1) is 27.3. The Kier molecular flexibility index (Phi) is 8.33. The van der Waals surface area contributed by atoms with Crippen molar-refractivity contribution in [2.24, 2.45) is 0 Å². The van der Waals surface area contributed by atoms with Crippen molar-refractivity contribution in [1.29, 1.82) is 0 Å². The number of carboxylic acid groups (broad SMARTS) is 1. The van der Waals surface area contributed by atoms with Crippen LogP contribution in [0, 0.1) is 0 Å². The van der Waals surface area contributed by atoms with Crippen LogP contribution in [0.5, 0.6) is 0 Å². The lowest BCUT2D eigenvalue weighted by Crippen LogP contribution is -2.35. The molecule has 206 valence electrons. The third-order valence-corrected chi connectivity index (χ3v) is 10.1. The Bertz CT molecular complexity index is 1460. The van der Waals surface area contributed by atoms with Crippen LogP contribution >= 0.6 is 0 Å². The molecule has 7 nitrogen and oxygen atoms in total. The molecule has 1 aliphatic heterocycles. The Labute approximate surface area is 230 Å². The van der Waals surface area contributed by atoms with E-state index in [1.807, 2.05) is 12.1 Å². The van der Waals surface area contributed by atoms with E-state index in [1.54, 1.807) is 18.2 Å². The highest BCUT2D eigenvalue weighted by Crippen LogP contribution is 2.31. The van der Waals surface area contributed by atoms with Gasteiger partial charge in [0.2, 0.25) is 5.91 Å². The second kappa shape index (κ2) is 11.9. The summed E-state index contributed by atoms with van der Waals surface area (Å²) in [6.07, 6.45) is 6.09. The fourth-order valence-corrected chi connectivity index (χ4v) is 7.51. The zero-order chi connectivity index (χ0) is 27.4. The molecular formula is C31H36N2O5S. The number of piperidine rings is 1. The van der Waals surface area contributed by atoms with Crippen LogP contribution in [0.25, 0.3) is 10.8 Å². The smallest absolute Gasteiger partial charge is 0.322 e. The lowest BCUT2D eigenvalue weighted by Gasteiger charge is -2.29. The summed E-state index contributed by atoms with van der Waals surface area (Å²) in [5.41, 5.74) is 3.66. The van der Waals surface area contributed by atoms with Crippen LogP contribution in [0.4, 0.5) is 0 Å². The number of hydrogen-bond donors (Lipinski definition) is 2. The highest BCUT2D eigenvalue weighted by atomic mass is 32.2. The molecule has 39 heavy (non-hydrogen) atoms. The molecule has 1 fully saturated rings. The highest BCUT2D eigenvalue weighted by molar-refractivity contribution is 7.92. The van der Waals surface area contributed by atoms with Gasteiger partial charge in [0.15, 0.2) is 15.1 Å². The van der Waals surface area contributed by atoms with Gasteiger partial charge in [-0.05, 0) is 91.2 Å². The van der Waals surface area contributed by atoms with Crippen molar-refractivity contribution in [3.8, 4) is 0 Å². The largest absolute Gasteiger partial charge is 0.480 e. The van der Waals surface area contributed by atoms with Gasteiger partial charge >= 0.3 is 5.97 Å². The molecule has 1 aliphatic carbocycles. The number of fused-ring (bicyclic) bond motifs is 2. The molecule has 2 N–H and O–H groups in total.